The number of ether oxygens (including phenoxy) is 1. The zero-order valence-electron chi connectivity index (χ0n) is 14.2. The molecule has 1 saturated carbocycles. The van der Waals surface area contributed by atoms with Crippen LogP contribution in [0.1, 0.15) is 71.0 Å². The van der Waals surface area contributed by atoms with E-state index in [-0.39, 0.29) is 0 Å². The second-order valence-corrected chi connectivity index (χ2v) is 6.53. The van der Waals surface area contributed by atoms with Crippen LogP contribution in [0.4, 0.5) is 11.5 Å². The lowest BCUT2D eigenvalue weighted by Crippen LogP contribution is -2.15. The van der Waals surface area contributed by atoms with Gasteiger partial charge in [-0.05, 0) is 32.1 Å². The fraction of sp³-hybridized carbons (Fsp3) is 0.765. The fourth-order valence-electron chi connectivity index (χ4n) is 2.87. The Labute approximate surface area is 134 Å². The van der Waals surface area contributed by atoms with Crippen molar-refractivity contribution in [2.75, 3.05) is 24.2 Å². The third-order valence-electron chi connectivity index (χ3n) is 4.19. The van der Waals surface area contributed by atoms with Crippen LogP contribution < -0.4 is 15.8 Å². The van der Waals surface area contributed by atoms with E-state index in [0.29, 0.717) is 30.0 Å². The average molecular weight is 306 g/mol. The maximum absolute atomic E-state index is 6.17. The summed E-state index contributed by atoms with van der Waals surface area (Å²) in [6.07, 6.45) is 7.27. The number of anilines is 2. The van der Waals surface area contributed by atoms with Crippen LogP contribution in [0, 0.1) is 5.92 Å². The molecule has 0 aliphatic heterocycles. The first-order chi connectivity index (χ1) is 10.6. The summed E-state index contributed by atoms with van der Waals surface area (Å²) in [7, 11) is 0. The van der Waals surface area contributed by atoms with Crippen molar-refractivity contribution < 1.29 is 4.74 Å². The van der Waals surface area contributed by atoms with Crippen LogP contribution in [0.3, 0.4) is 0 Å². The Hall–Kier alpha value is -1.52. The van der Waals surface area contributed by atoms with Crippen LogP contribution in [0.5, 0.6) is 5.88 Å². The highest BCUT2D eigenvalue weighted by Crippen LogP contribution is 2.34. The largest absolute Gasteiger partial charge is 0.476 e. The van der Waals surface area contributed by atoms with Crippen LogP contribution >= 0.6 is 0 Å². The van der Waals surface area contributed by atoms with Gasteiger partial charge >= 0.3 is 0 Å². The van der Waals surface area contributed by atoms with Crippen molar-refractivity contribution in [2.45, 2.75) is 65.2 Å². The van der Waals surface area contributed by atoms with Crippen molar-refractivity contribution in [1.29, 1.82) is 0 Å². The van der Waals surface area contributed by atoms with Crippen LogP contribution in [0.2, 0.25) is 0 Å². The summed E-state index contributed by atoms with van der Waals surface area (Å²) in [5.74, 6) is 3.26. The zero-order valence-corrected chi connectivity index (χ0v) is 14.2. The Balaban J connectivity index is 2.19. The molecule has 5 heteroatoms. The number of nitrogens with zero attached hydrogens (tertiary/aromatic N) is 2. The monoisotopic (exact) mass is 306 g/mol. The van der Waals surface area contributed by atoms with Gasteiger partial charge in [0.1, 0.15) is 11.5 Å². The van der Waals surface area contributed by atoms with Crippen LogP contribution in [0.25, 0.3) is 0 Å². The lowest BCUT2D eigenvalue weighted by molar-refractivity contribution is 0.324. The van der Waals surface area contributed by atoms with Gasteiger partial charge in [0.2, 0.25) is 5.88 Å². The third-order valence-corrected chi connectivity index (χ3v) is 4.19. The van der Waals surface area contributed by atoms with Gasteiger partial charge in [0.25, 0.3) is 0 Å². The normalized spacial score (nSPS) is 16.0. The van der Waals surface area contributed by atoms with Gasteiger partial charge < -0.3 is 15.8 Å². The minimum atomic E-state index is 0.444. The van der Waals surface area contributed by atoms with E-state index in [1.54, 1.807) is 0 Å². The second-order valence-electron chi connectivity index (χ2n) is 6.53. The van der Waals surface area contributed by atoms with Gasteiger partial charge in [0.05, 0.1) is 6.61 Å². The molecular formula is C17H30N4O. The molecule has 1 aromatic rings. The molecule has 5 nitrogen and oxygen atoms in total. The van der Waals surface area contributed by atoms with Gasteiger partial charge in [0.15, 0.2) is 5.82 Å². The van der Waals surface area contributed by atoms with E-state index in [2.05, 4.69) is 24.1 Å². The summed E-state index contributed by atoms with van der Waals surface area (Å²) in [5, 5.41) is 3.37. The molecule has 1 aliphatic carbocycles. The van der Waals surface area contributed by atoms with E-state index in [1.165, 1.54) is 32.1 Å². The number of nitrogens with two attached hydrogens (primary N) is 1. The second kappa shape index (κ2) is 8.20. The maximum Gasteiger partial charge on any atom is 0.242 e. The molecule has 1 aromatic heterocycles. The van der Waals surface area contributed by atoms with Crippen molar-refractivity contribution >= 4 is 11.5 Å². The first-order valence-electron chi connectivity index (χ1n) is 8.65. The lowest BCUT2D eigenvalue weighted by Gasteiger charge is -2.22. The molecule has 124 valence electrons. The summed E-state index contributed by atoms with van der Waals surface area (Å²) in [6, 6.07) is 0. The van der Waals surface area contributed by atoms with Crippen molar-refractivity contribution in [3.05, 3.63) is 5.82 Å². The Kier molecular flexibility index (Phi) is 6.28. The Morgan fingerprint density at radius 2 is 1.95 bits per heavy atom. The van der Waals surface area contributed by atoms with E-state index in [1.807, 2.05) is 6.92 Å². The third kappa shape index (κ3) is 4.49. The molecule has 1 fully saturated rings. The zero-order chi connectivity index (χ0) is 15.9. The molecule has 0 amide bonds. The summed E-state index contributed by atoms with van der Waals surface area (Å²) < 4.78 is 5.62. The topological polar surface area (TPSA) is 73.1 Å². The van der Waals surface area contributed by atoms with E-state index in [4.69, 9.17) is 15.5 Å². The van der Waals surface area contributed by atoms with Crippen molar-refractivity contribution in [1.82, 2.24) is 9.97 Å². The maximum atomic E-state index is 6.17. The smallest absolute Gasteiger partial charge is 0.242 e. The number of hydrogen-bond donors (Lipinski definition) is 2. The lowest BCUT2D eigenvalue weighted by atomic mass is 9.88. The van der Waals surface area contributed by atoms with E-state index in [9.17, 15) is 0 Å². The molecule has 22 heavy (non-hydrogen) atoms. The van der Waals surface area contributed by atoms with Gasteiger partial charge in [-0.25, -0.2) is 4.98 Å². The molecule has 0 saturated heterocycles. The molecule has 0 atom stereocenters. The molecule has 0 radical (unpaired) electrons. The first kappa shape index (κ1) is 16.8. The summed E-state index contributed by atoms with van der Waals surface area (Å²) in [5.41, 5.74) is 6.70. The first-order valence-corrected chi connectivity index (χ1v) is 8.65. The van der Waals surface area contributed by atoms with Crippen LogP contribution in [-0.2, 0) is 0 Å². The Morgan fingerprint density at radius 1 is 1.23 bits per heavy atom. The SMILES string of the molecule is CCOc1nc(C2CCCCC2)nc(NCCC(C)C)c1N. The van der Waals surface area contributed by atoms with Gasteiger partial charge in [-0.3, -0.25) is 0 Å². The molecule has 3 N–H and O–H groups in total. The van der Waals surface area contributed by atoms with E-state index in [0.717, 1.165) is 24.6 Å². The molecule has 1 heterocycles. The number of hydrogen-bond acceptors (Lipinski definition) is 5. The number of nitrogen functional groups attached to an aromatic ring is 1. The van der Waals surface area contributed by atoms with Crippen molar-refractivity contribution in [2.24, 2.45) is 5.92 Å². The Bertz CT molecular complexity index is 470. The number of nitrogens with one attached hydrogen (secondary N) is 1. The van der Waals surface area contributed by atoms with E-state index < -0.39 is 0 Å². The van der Waals surface area contributed by atoms with E-state index >= 15 is 0 Å². The molecule has 1 aliphatic rings. The van der Waals surface area contributed by atoms with Gasteiger partial charge in [0, 0.05) is 12.5 Å². The molecule has 0 spiro atoms. The van der Waals surface area contributed by atoms with Crippen LogP contribution in [-0.4, -0.2) is 23.1 Å². The van der Waals surface area contributed by atoms with Gasteiger partial charge in [-0.1, -0.05) is 33.1 Å². The highest BCUT2D eigenvalue weighted by molar-refractivity contribution is 5.67. The Morgan fingerprint density at radius 3 is 2.59 bits per heavy atom. The molecule has 0 bridgehead atoms. The van der Waals surface area contributed by atoms with Gasteiger partial charge in [-0.15, -0.1) is 0 Å². The summed E-state index contributed by atoms with van der Waals surface area (Å²) in [4.78, 5) is 9.30. The number of rotatable bonds is 7. The highest BCUT2D eigenvalue weighted by Gasteiger charge is 2.22. The number of aromatic nitrogens is 2. The molecular weight excluding hydrogens is 276 g/mol. The minimum Gasteiger partial charge on any atom is -0.476 e. The van der Waals surface area contributed by atoms with Crippen LogP contribution in [0.15, 0.2) is 0 Å². The molecule has 0 unspecified atom stereocenters. The minimum absolute atomic E-state index is 0.444. The predicted molar refractivity (Wildman–Crippen MR) is 91.4 cm³/mol. The fourth-order valence-corrected chi connectivity index (χ4v) is 2.87. The van der Waals surface area contributed by atoms with Gasteiger partial charge in [-0.2, -0.15) is 4.98 Å². The quantitative estimate of drug-likeness (QED) is 0.797. The summed E-state index contributed by atoms with van der Waals surface area (Å²) in [6.45, 7) is 7.81. The summed E-state index contributed by atoms with van der Waals surface area (Å²) >= 11 is 0. The predicted octanol–water partition coefficient (Wildman–Crippen LogP) is 3.96. The van der Waals surface area contributed by atoms with Crippen molar-refractivity contribution in [3.8, 4) is 5.88 Å². The average Bonchev–Trinajstić information content (AvgIpc) is 2.51. The standard InChI is InChI=1S/C17H30N4O/c1-4-22-17-14(18)16(19-11-10-12(2)3)20-15(21-17)13-8-6-5-7-9-13/h12-13H,4-11,18H2,1-3H3,(H,19,20,21). The molecule has 0 aromatic carbocycles. The molecule has 2 rings (SSSR count). The van der Waals surface area contributed by atoms with Crippen molar-refractivity contribution in [3.63, 3.8) is 0 Å². The highest BCUT2D eigenvalue weighted by atomic mass is 16.5.